The van der Waals surface area contributed by atoms with E-state index in [4.69, 9.17) is 0 Å². The monoisotopic (exact) mass is 231 g/mol. The van der Waals surface area contributed by atoms with Crippen LogP contribution >= 0.6 is 12.4 Å². The third-order valence-electron chi connectivity index (χ3n) is 2.23. The van der Waals surface area contributed by atoms with Gasteiger partial charge in [-0.25, -0.2) is 8.78 Å². The van der Waals surface area contributed by atoms with Crippen molar-refractivity contribution in [1.82, 2.24) is 5.32 Å². The summed E-state index contributed by atoms with van der Waals surface area (Å²) < 4.78 is 25.6. The number of hydrogen-bond donors (Lipinski definition) is 1. The highest BCUT2D eigenvalue weighted by Crippen LogP contribution is 2.15. The van der Waals surface area contributed by atoms with Crippen molar-refractivity contribution in [2.75, 3.05) is 13.1 Å². The molecule has 1 aromatic carbocycles. The van der Waals surface area contributed by atoms with Crippen LogP contribution in [0, 0.1) is 11.6 Å². The van der Waals surface area contributed by atoms with Crippen molar-refractivity contribution in [2.45, 2.75) is 6.42 Å². The van der Waals surface area contributed by atoms with Gasteiger partial charge >= 0.3 is 0 Å². The average Bonchev–Trinajstić information content (AvgIpc) is 2.54. The molecule has 1 aliphatic heterocycles. The minimum absolute atomic E-state index is 0. The second kappa shape index (κ2) is 5.24. The summed E-state index contributed by atoms with van der Waals surface area (Å²) >= 11 is 0. The summed E-state index contributed by atoms with van der Waals surface area (Å²) in [5, 5.41) is 3.17. The van der Waals surface area contributed by atoms with Crippen molar-refractivity contribution in [3.05, 3.63) is 41.0 Å². The predicted octanol–water partition coefficient (Wildman–Crippen LogP) is 2.76. The van der Waals surface area contributed by atoms with Crippen LogP contribution in [0.3, 0.4) is 0 Å². The molecule has 0 spiro atoms. The molecule has 0 unspecified atom stereocenters. The number of benzene rings is 1. The second-order valence-corrected chi connectivity index (χ2v) is 3.43. The number of hydrogen-bond acceptors (Lipinski definition) is 1. The highest BCUT2D eigenvalue weighted by Gasteiger charge is 2.06. The molecule has 0 atom stereocenters. The van der Waals surface area contributed by atoms with Gasteiger partial charge in [0.05, 0.1) is 0 Å². The molecule has 1 aromatic rings. The molecule has 0 amide bonds. The molecule has 82 valence electrons. The van der Waals surface area contributed by atoms with Crippen molar-refractivity contribution in [3.8, 4) is 0 Å². The summed E-state index contributed by atoms with van der Waals surface area (Å²) in [7, 11) is 0. The molecule has 0 aliphatic carbocycles. The summed E-state index contributed by atoms with van der Waals surface area (Å²) in [6.45, 7) is 1.77. The second-order valence-electron chi connectivity index (χ2n) is 3.43. The first-order valence-corrected chi connectivity index (χ1v) is 4.60. The minimum Gasteiger partial charge on any atom is -0.313 e. The van der Waals surface area contributed by atoms with E-state index in [1.54, 1.807) is 0 Å². The normalized spacial score (nSPS) is 17.9. The first-order valence-electron chi connectivity index (χ1n) is 4.60. The minimum atomic E-state index is -0.525. The lowest BCUT2D eigenvalue weighted by Gasteiger charge is -1.98. The van der Waals surface area contributed by atoms with E-state index in [-0.39, 0.29) is 12.4 Å². The average molecular weight is 232 g/mol. The molecule has 1 aliphatic rings. The van der Waals surface area contributed by atoms with E-state index < -0.39 is 11.6 Å². The molecule has 4 heteroatoms. The van der Waals surface area contributed by atoms with Gasteiger partial charge in [0, 0.05) is 12.6 Å². The summed E-state index contributed by atoms with van der Waals surface area (Å²) in [5.74, 6) is -1.05. The topological polar surface area (TPSA) is 12.0 Å². The molecule has 0 aromatic heterocycles. The van der Waals surface area contributed by atoms with Gasteiger partial charge in [-0.1, -0.05) is 11.6 Å². The van der Waals surface area contributed by atoms with E-state index in [1.807, 2.05) is 6.08 Å². The summed E-state index contributed by atoms with van der Waals surface area (Å²) in [6.07, 6.45) is 2.80. The molecule has 0 radical (unpaired) electrons. The third-order valence-corrected chi connectivity index (χ3v) is 2.23. The standard InChI is InChI=1S/C11H11F2N.ClH/c12-10-4-9(5-11(13)6-10)3-8-1-2-14-7-8;/h3-6,14H,1-2,7H2;1H/b8-3-;. The summed E-state index contributed by atoms with van der Waals surface area (Å²) in [6, 6.07) is 3.57. The van der Waals surface area contributed by atoms with E-state index in [0.29, 0.717) is 5.56 Å². The van der Waals surface area contributed by atoms with Gasteiger partial charge in [-0.3, -0.25) is 0 Å². The van der Waals surface area contributed by atoms with Gasteiger partial charge in [0.25, 0.3) is 0 Å². The van der Waals surface area contributed by atoms with Gasteiger partial charge in [-0.2, -0.15) is 0 Å². The zero-order valence-corrected chi connectivity index (χ0v) is 8.91. The zero-order chi connectivity index (χ0) is 9.97. The highest BCUT2D eigenvalue weighted by molar-refractivity contribution is 5.85. The van der Waals surface area contributed by atoms with Gasteiger partial charge in [-0.05, 0) is 30.7 Å². The Hall–Kier alpha value is -0.930. The molecule has 0 saturated carbocycles. The van der Waals surface area contributed by atoms with Crippen molar-refractivity contribution >= 4 is 18.5 Å². The molecule has 1 N–H and O–H groups in total. The van der Waals surface area contributed by atoms with Crippen molar-refractivity contribution in [2.24, 2.45) is 0 Å². The van der Waals surface area contributed by atoms with E-state index in [1.165, 1.54) is 17.7 Å². The Kier molecular flexibility index (Phi) is 4.24. The van der Waals surface area contributed by atoms with Gasteiger partial charge in [0.1, 0.15) is 11.6 Å². The molecule has 1 fully saturated rings. The number of rotatable bonds is 1. The van der Waals surface area contributed by atoms with Crippen LogP contribution in [0.25, 0.3) is 6.08 Å². The molecular weight excluding hydrogens is 220 g/mol. The fourth-order valence-electron chi connectivity index (χ4n) is 1.60. The van der Waals surface area contributed by atoms with Crippen LogP contribution in [0.2, 0.25) is 0 Å². The Morgan fingerprint density at radius 3 is 2.33 bits per heavy atom. The SMILES string of the molecule is Cl.Fc1cc(F)cc(/C=C2/CCNC2)c1. The first kappa shape index (κ1) is 12.1. The van der Waals surface area contributed by atoms with Crippen LogP contribution in [-0.2, 0) is 0 Å². The van der Waals surface area contributed by atoms with E-state index in [9.17, 15) is 8.78 Å². The first-order chi connectivity index (χ1) is 6.74. The molecular formula is C11H12ClF2N. The highest BCUT2D eigenvalue weighted by atomic mass is 35.5. The van der Waals surface area contributed by atoms with Crippen LogP contribution in [0.1, 0.15) is 12.0 Å². The van der Waals surface area contributed by atoms with Crippen LogP contribution < -0.4 is 5.32 Å². The predicted molar refractivity (Wildman–Crippen MR) is 59.1 cm³/mol. The Bertz CT molecular complexity index is 349. The summed E-state index contributed by atoms with van der Waals surface area (Å²) in [4.78, 5) is 0. The van der Waals surface area contributed by atoms with Gasteiger partial charge < -0.3 is 5.32 Å². The Labute approximate surface area is 93.6 Å². The maximum atomic E-state index is 12.8. The molecule has 1 nitrogen and oxygen atoms in total. The van der Waals surface area contributed by atoms with Gasteiger partial charge in [-0.15, -0.1) is 12.4 Å². The molecule has 1 heterocycles. The fraction of sp³-hybridized carbons (Fsp3) is 0.273. The lowest BCUT2D eigenvalue weighted by Crippen LogP contribution is -2.04. The van der Waals surface area contributed by atoms with Crippen molar-refractivity contribution < 1.29 is 8.78 Å². The van der Waals surface area contributed by atoms with Gasteiger partial charge in [0.2, 0.25) is 0 Å². The number of halogens is 3. The Balaban J connectivity index is 0.00000112. The number of nitrogens with one attached hydrogen (secondary N) is 1. The molecule has 15 heavy (non-hydrogen) atoms. The largest absolute Gasteiger partial charge is 0.313 e. The van der Waals surface area contributed by atoms with Crippen LogP contribution in [0.5, 0.6) is 0 Å². The Morgan fingerprint density at radius 1 is 1.13 bits per heavy atom. The molecule has 0 bridgehead atoms. The molecule has 2 rings (SSSR count). The smallest absolute Gasteiger partial charge is 0.126 e. The van der Waals surface area contributed by atoms with E-state index in [2.05, 4.69) is 5.32 Å². The molecule has 1 saturated heterocycles. The maximum absolute atomic E-state index is 12.8. The van der Waals surface area contributed by atoms with E-state index in [0.717, 1.165) is 25.6 Å². The van der Waals surface area contributed by atoms with Crippen molar-refractivity contribution in [3.63, 3.8) is 0 Å². The maximum Gasteiger partial charge on any atom is 0.126 e. The van der Waals surface area contributed by atoms with Crippen LogP contribution in [-0.4, -0.2) is 13.1 Å². The van der Waals surface area contributed by atoms with Crippen LogP contribution in [0.4, 0.5) is 8.78 Å². The van der Waals surface area contributed by atoms with Gasteiger partial charge in [0.15, 0.2) is 0 Å². The lowest BCUT2D eigenvalue weighted by molar-refractivity contribution is 0.583. The van der Waals surface area contributed by atoms with E-state index >= 15 is 0 Å². The Morgan fingerprint density at radius 2 is 1.80 bits per heavy atom. The quantitative estimate of drug-likeness (QED) is 0.784. The third kappa shape index (κ3) is 3.29. The van der Waals surface area contributed by atoms with Crippen LogP contribution in [0.15, 0.2) is 23.8 Å². The summed E-state index contributed by atoms with van der Waals surface area (Å²) in [5.41, 5.74) is 1.79. The fourth-order valence-corrected chi connectivity index (χ4v) is 1.60. The van der Waals surface area contributed by atoms with Crippen molar-refractivity contribution in [1.29, 1.82) is 0 Å². The lowest BCUT2D eigenvalue weighted by atomic mass is 10.1. The zero-order valence-electron chi connectivity index (χ0n) is 8.09.